The van der Waals surface area contributed by atoms with Crippen molar-refractivity contribution in [3.8, 4) is 11.1 Å². The van der Waals surface area contributed by atoms with Crippen LogP contribution in [-0.4, -0.2) is 21.1 Å². The van der Waals surface area contributed by atoms with Gasteiger partial charge in [0.15, 0.2) is 5.82 Å². The molecule has 4 aromatic rings. The number of anilines is 1. The fourth-order valence-corrected chi connectivity index (χ4v) is 2.96. The molecule has 0 aliphatic carbocycles. The summed E-state index contributed by atoms with van der Waals surface area (Å²) in [5, 5.41) is 1.02. The van der Waals surface area contributed by atoms with Gasteiger partial charge in [-0.2, -0.15) is 0 Å². The highest BCUT2D eigenvalue weighted by atomic mass is 16.5. The molecular weight excluding hydrogens is 300 g/mol. The molecule has 0 aliphatic heterocycles. The van der Waals surface area contributed by atoms with Gasteiger partial charge in [-0.25, -0.2) is 9.97 Å². The van der Waals surface area contributed by atoms with Crippen LogP contribution in [0, 0.1) is 0 Å². The van der Waals surface area contributed by atoms with Crippen molar-refractivity contribution in [3.05, 3.63) is 54.9 Å². The zero-order valence-electron chi connectivity index (χ0n) is 13.4. The molecular formula is C19H18N4O. The number of imidazole rings is 1. The molecule has 2 heterocycles. The molecule has 2 aromatic carbocycles. The van der Waals surface area contributed by atoms with Gasteiger partial charge in [0, 0.05) is 12.0 Å². The monoisotopic (exact) mass is 318 g/mol. The number of nitrogens with two attached hydrogens (primary N) is 1. The van der Waals surface area contributed by atoms with Crippen molar-refractivity contribution < 1.29 is 4.74 Å². The number of pyridine rings is 1. The molecule has 0 saturated heterocycles. The standard InChI is InChI=1S/C19H18N4O/c1-2-24-12-23-11-21-17-18(23)15-9-8-14(10-16(15)22-19(17)20)13-6-4-3-5-7-13/h3-11H,2,12H2,1H3,(H2,20,22). The Morgan fingerprint density at radius 3 is 2.71 bits per heavy atom. The molecule has 4 rings (SSSR count). The number of nitrogen functional groups attached to an aromatic ring is 1. The Labute approximate surface area is 139 Å². The number of hydrogen-bond donors (Lipinski definition) is 1. The molecule has 24 heavy (non-hydrogen) atoms. The molecule has 0 bridgehead atoms. The highest BCUT2D eigenvalue weighted by Gasteiger charge is 2.13. The summed E-state index contributed by atoms with van der Waals surface area (Å²) in [5.74, 6) is 0.443. The van der Waals surface area contributed by atoms with Gasteiger partial charge in [-0.3, -0.25) is 0 Å². The Hall–Kier alpha value is -2.92. The zero-order chi connectivity index (χ0) is 16.5. The summed E-state index contributed by atoms with van der Waals surface area (Å²) >= 11 is 0. The van der Waals surface area contributed by atoms with E-state index in [4.69, 9.17) is 10.5 Å². The molecule has 0 spiro atoms. The van der Waals surface area contributed by atoms with Gasteiger partial charge in [0.2, 0.25) is 0 Å². The van der Waals surface area contributed by atoms with E-state index in [1.54, 1.807) is 6.33 Å². The molecule has 0 saturated carbocycles. The summed E-state index contributed by atoms with van der Waals surface area (Å²) in [4.78, 5) is 8.94. The maximum absolute atomic E-state index is 6.13. The van der Waals surface area contributed by atoms with Gasteiger partial charge in [-0.15, -0.1) is 0 Å². The van der Waals surface area contributed by atoms with Crippen molar-refractivity contribution in [2.75, 3.05) is 12.3 Å². The van der Waals surface area contributed by atoms with E-state index in [1.807, 2.05) is 29.7 Å². The van der Waals surface area contributed by atoms with Crippen LogP contribution in [0.1, 0.15) is 6.92 Å². The summed E-state index contributed by atoms with van der Waals surface area (Å²) < 4.78 is 7.50. The lowest BCUT2D eigenvalue weighted by Crippen LogP contribution is -2.02. The summed E-state index contributed by atoms with van der Waals surface area (Å²) in [7, 11) is 0. The molecule has 0 amide bonds. The second-order valence-corrected chi connectivity index (χ2v) is 5.63. The topological polar surface area (TPSA) is 66.0 Å². The molecule has 0 atom stereocenters. The van der Waals surface area contributed by atoms with E-state index in [0.717, 1.165) is 33.1 Å². The molecule has 2 N–H and O–H groups in total. The average Bonchev–Trinajstić information content (AvgIpc) is 3.05. The fraction of sp³-hybridized carbons (Fsp3) is 0.158. The van der Waals surface area contributed by atoms with Crippen LogP contribution >= 0.6 is 0 Å². The Kier molecular flexibility index (Phi) is 3.63. The summed E-state index contributed by atoms with van der Waals surface area (Å²) in [6.07, 6.45) is 1.75. The Balaban J connectivity index is 1.93. The van der Waals surface area contributed by atoms with Crippen LogP contribution in [0.25, 0.3) is 33.1 Å². The van der Waals surface area contributed by atoms with E-state index in [1.165, 1.54) is 0 Å². The third-order valence-corrected chi connectivity index (χ3v) is 4.12. The van der Waals surface area contributed by atoms with Crippen molar-refractivity contribution in [1.82, 2.24) is 14.5 Å². The minimum atomic E-state index is 0.443. The van der Waals surface area contributed by atoms with Crippen LogP contribution in [0.5, 0.6) is 0 Å². The van der Waals surface area contributed by atoms with Gasteiger partial charge < -0.3 is 15.0 Å². The molecule has 0 fully saturated rings. The number of benzene rings is 2. The first-order valence-electron chi connectivity index (χ1n) is 7.95. The number of aromatic nitrogens is 3. The van der Waals surface area contributed by atoms with Gasteiger partial charge in [0.05, 0.1) is 17.4 Å². The first kappa shape index (κ1) is 14.7. The van der Waals surface area contributed by atoms with Crippen molar-refractivity contribution in [2.45, 2.75) is 13.7 Å². The molecule has 120 valence electrons. The first-order valence-corrected chi connectivity index (χ1v) is 7.95. The summed E-state index contributed by atoms with van der Waals surface area (Å²) in [5.41, 5.74) is 10.9. The van der Waals surface area contributed by atoms with E-state index < -0.39 is 0 Å². The number of rotatable bonds is 4. The Morgan fingerprint density at radius 1 is 1.08 bits per heavy atom. The normalized spacial score (nSPS) is 11.4. The largest absolute Gasteiger partial charge is 0.382 e. The lowest BCUT2D eigenvalue weighted by molar-refractivity contribution is 0.0906. The van der Waals surface area contributed by atoms with Gasteiger partial charge in [-0.05, 0) is 24.1 Å². The quantitative estimate of drug-likeness (QED) is 0.621. The molecule has 0 radical (unpaired) electrons. The predicted octanol–water partition coefficient (Wildman–Crippen LogP) is 3.83. The zero-order valence-corrected chi connectivity index (χ0v) is 13.4. The fourth-order valence-electron chi connectivity index (χ4n) is 2.96. The molecule has 5 heteroatoms. The molecule has 0 aliphatic rings. The Bertz CT molecular complexity index is 1010. The lowest BCUT2D eigenvalue weighted by atomic mass is 10.0. The minimum Gasteiger partial charge on any atom is -0.382 e. The molecule has 0 unspecified atom stereocenters. The maximum atomic E-state index is 6.13. The van der Waals surface area contributed by atoms with Crippen molar-refractivity contribution in [2.24, 2.45) is 0 Å². The number of nitrogens with zero attached hydrogens (tertiary/aromatic N) is 3. The van der Waals surface area contributed by atoms with Crippen LogP contribution in [0.4, 0.5) is 5.82 Å². The van der Waals surface area contributed by atoms with Crippen LogP contribution < -0.4 is 5.73 Å². The number of hydrogen-bond acceptors (Lipinski definition) is 4. The van der Waals surface area contributed by atoms with Gasteiger partial charge in [-0.1, -0.05) is 42.5 Å². The smallest absolute Gasteiger partial charge is 0.152 e. The second-order valence-electron chi connectivity index (χ2n) is 5.63. The van der Waals surface area contributed by atoms with Gasteiger partial charge >= 0.3 is 0 Å². The van der Waals surface area contributed by atoms with Crippen molar-refractivity contribution >= 4 is 27.8 Å². The number of ether oxygens (including phenoxy) is 1. The van der Waals surface area contributed by atoms with E-state index in [0.29, 0.717) is 19.2 Å². The van der Waals surface area contributed by atoms with Gasteiger partial charge in [0.25, 0.3) is 0 Å². The average molecular weight is 318 g/mol. The summed E-state index contributed by atoms with van der Waals surface area (Å²) in [6.45, 7) is 3.07. The third kappa shape index (κ3) is 2.39. The van der Waals surface area contributed by atoms with Crippen LogP contribution in [0.3, 0.4) is 0 Å². The first-order chi connectivity index (χ1) is 11.8. The molecule has 5 nitrogen and oxygen atoms in total. The SMILES string of the molecule is CCOCn1cnc2c(N)nc3cc(-c4ccccc4)ccc3c21. The van der Waals surface area contributed by atoms with Crippen molar-refractivity contribution in [3.63, 3.8) is 0 Å². The van der Waals surface area contributed by atoms with E-state index in [2.05, 4.69) is 40.3 Å². The van der Waals surface area contributed by atoms with E-state index >= 15 is 0 Å². The minimum absolute atomic E-state index is 0.443. The van der Waals surface area contributed by atoms with Crippen LogP contribution in [-0.2, 0) is 11.5 Å². The van der Waals surface area contributed by atoms with E-state index in [-0.39, 0.29) is 0 Å². The third-order valence-electron chi connectivity index (χ3n) is 4.12. The highest BCUT2D eigenvalue weighted by molar-refractivity contribution is 6.07. The Morgan fingerprint density at radius 2 is 1.92 bits per heavy atom. The maximum Gasteiger partial charge on any atom is 0.152 e. The highest BCUT2D eigenvalue weighted by Crippen LogP contribution is 2.30. The number of fused-ring (bicyclic) bond motifs is 3. The second kappa shape index (κ2) is 5.94. The van der Waals surface area contributed by atoms with Crippen LogP contribution in [0.15, 0.2) is 54.9 Å². The molecule has 2 aromatic heterocycles. The van der Waals surface area contributed by atoms with Crippen molar-refractivity contribution in [1.29, 1.82) is 0 Å². The van der Waals surface area contributed by atoms with Gasteiger partial charge in [0.1, 0.15) is 12.2 Å². The summed E-state index contributed by atoms with van der Waals surface area (Å²) in [6, 6.07) is 16.5. The van der Waals surface area contributed by atoms with E-state index in [9.17, 15) is 0 Å². The van der Waals surface area contributed by atoms with Crippen LogP contribution in [0.2, 0.25) is 0 Å². The lowest BCUT2D eigenvalue weighted by Gasteiger charge is -2.09. The predicted molar refractivity (Wildman–Crippen MR) is 96.5 cm³/mol.